The van der Waals surface area contributed by atoms with E-state index in [0.29, 0.717) is 16.6 Å². The quantitative estimate of drug-likeness (QED) is 0.561. The molecule has 0 aliphatic carbocycles. The van der Waals surface area contributed by atoms with E-state index in [1.165, 1.54) is 0 Å². The molecule has 1 aromatic carbocycles. The fraction of sp³-hybridized carbons (Fsp3) is 0.600. The first-order valence-corrected chi connectivity index (χ1v) is 11.4. The maximum Gasteiger partial charge on any atom is 0.307 e. The highest BCUT2D eigenvalue weighted by molar-refractivity contribution is 6.78. The Morgan fingerprint density at radius 2 is 1.38 bits per heavy atom. The molecule has 0 radical (unpaired) electrons. The first-order chi connectivity index (χ1) is 12.0. The van der Waals surface area contributed by atoms with E-state index in [9.17, 15) is 14.7 Å². The van der Waals surface area contributed by atoms with Crippen molar-refractivity contribution in [3.63, 3.8) is 0 Å². The standard InChI is InChI=1S/C20H32O5Si/c1-13(2)26(14(3)4,15(5)6)25-18-9-7-16(8-10-18)11-17(20(23)24)12-19(21)22/h7-10,13-15,17H,11-12H2,1-6H3,(H,21,22)(H,23,24). The highest BCUT2D eigenvalue weighted by Crippen LogP contribution is 2.42. The molecule has 5 nitrogen and oxygen atoms in total. The Morgan fingerprint density at radius 1 is 0.923 bits per heavy atom. The van der Waals surface area contributed by atoms with E-state index in [-0.39, 0.29) is 12.8 Å². The topological polar surface area (TPSA) is 83.8 Å². The highest BCUT2D eigenvalue weighted by atomic mass is 28.4. The molecule has 0 saturated heterocycles. The molecule has 26 heavy (non-hydrogen) atoms. The van der Waals surface area contributed by atoms with Gasteiger partial charge in [-0.2, -0.15) is 0 Å². The number of carboxylic acids is 2. The lowest BCUT2D eigenvalue weighted by Gasteiger charge is -2.42. The van der Waals surface area contributed by atoms with Crippen LogP contribution in [0.15, 0.2) is 24.3 Å². The fourth-order valence-electron chi connectivity index (χ4n) is 3.99. The fourth-order valence-corrected chi connectivity index (χ4v) is 9.24. The number of hydrogen-bond donors (Lipinski definition) is 2. The molecule has 1 unspecified atom stereocenters. The molecule has 0 spiro atoms. The van der Waals surface area contributed by atoms with Crippen LogP contribution in [0.25, 0.3) is 0 Å². The number of aliphatic carboxylic acids is 2. The summed E-state index contributed by atoms with van der Waals surface area (Å²) >= 11 is 0. The summed E-state index contributed by atoms with van der Waals surface area (Å²) in [4.78, 5) is 22.1. The Kier molecular flexibility index (Phi) is 7.87. The van der Waals surface area contributed by atoms with Crippen molar-refractivity contribution in [3.05, 3.63) is 29.8 Å². The maximum atomic E-state index is 11.2. The average Bonchev–Trinajstić information content (AvgIpc) is 2.51. The molecule has 1 aromatic rings. The van der Waals surface area contributed by atoms with Gasteiger partial charge in [0.15, 0.2) is 0 Å². The molecule has 0 bridgehead atoms. The number of benzene rings is 1. The van der Waals surface area contributed by atoms with Crippen molar-refractivity contribution in [3.8, 4) is 5.75 Å². The number of rotatable bonds is 10. The van der Waals surface area contributed by atoms with Crippen molar-refractivity contribution in [2.45, 2.75) is 71.0 Å². The lowest BCUT2D eigenvalue weighted by atomic mass is 9.96. The van der Waals surface area contributed by atoms with Crippen molar-refractivity contribution < 1.29 is 24.2 Å². The van der Waals surface area contributed by atoms with Gasteiger partial charge in [0.05, 0.1) is 12.3 Å². The Bertz CT molecular complexity index is 585. The maximum absolute atomic E-state index is 11.2. The van der Waals surface area contributed by atoms with E-state index in [1.54, 1.807) is 0 Å². The smallest absolute Gasteiger partial charge is 0.307 e. The molecule has 0 heterocycles. The summed E-state index contributed by atoms with van der Waals surface area (Å²) in [6, 6.07) is 7.44. The van der Waals surface area contributed by atoms with E-state index < -0.39 is 26.2 Å². The van der Waals surface area contributed by atoms with Gasteiger partial charge in [-0.3, -0.25) is 9.59 Å². The minimum Gasteiger partial charge on any atom is -0.543 e. The molecule has 0 aliphatic heterocycles. The van der Waals surface area contributed by atoms with Crippen LogP contribution in [0, 0.1) is 5.92 Å². The summed E-state index contributed by atoms with van der Waals surface area (Å²) in [7, 11) is -2.03. The van der Waals surface area contributed by atoms with Crippen LogP contribution in [-0.2, 0) is 16.0 Å². The minimum atomic E-state index is -2.03. The van der Waals surface area contributed by atoms with Crippen molar-refractivity contribution in [1.29, 1.82) is 0 Å². The lowest BCUT2D eigenvalue weighted by Crippen LogP contribution is -2.50. The Balaban J connectivity index is 2.98. The van der Waals surface area contributed by atoms with Crippen LogP contribution in [0.1, 0.15) is 53.5 Å². The summed E-state index contributed by atoms with van der Waals surface area (Å²) in [6.45, 7) is 13.4. The second-order valence-electron chi connectivity index (χ2n) is 7.90. The molecular weight excluding hydrogens is 348 g/mol. The molecule has 1 atom stereocenters. The van der Waals surface area contributed by atoms with Crippen LogP contribution in [-0.4, -0.2) is 30.5 Å². The number of carbonyl (C=O) groups is 2. The summed E-state index contributed by atoms with van der Waals surface area (Å²) in [5.74, 6) is -2.30. The Labute approximate surface area is 157 Å². The van der Waals surface area contributed by atoms with Crippen LogP contribution >= 0.6 is 0 Å². The third-order valence-corrected chi connectivity index (χ3v) is 11.2. The zero-order valence-corrected chi connectivity index (χ0v) is 17.7. The summed E-state index contributed by atoms with van der Waals surface area (Å²) < 4.78 is 6.59. The normalized spacial score (nSPS) is 13.3. The van der Waals surface area contributed by atoms with Gasteiger partial charge in [0.2, 0.25) is 0 Å². The van der Waals surface area contributed by atoms with Crippen LogP contribution < -0.4 is 4.43 Å². The van der Waals surface area contributed by atoms with Gasteiger partial charge in [0.1, 0.15) is 5.75 Å². The minimum absolute atomic E-state index is 0.197. The van der Waals surface area contributed by atoms with Gasteiger partial charge >= 0.3 is 11.9 Å². The van der Waals surface area contributed by atoms with Gasteiger partial charge in [0.25, 0.3) is 8.32 Å². The largest absolute Gasteiger partial charge is 0.543 e. The zero-order chi connectivity index (χ0) is 20.1. The zero-order valence-electron chi connectivity index (χ0n) is 16.7. The van der Waals surface area contributed by atoms with Crippen molar-refractivity contribution in [2.75, 3.05) is 0 Å². The first-order valence-electron chi connectivity index (χ1n) is 9.23. The second-order valence-corrected chi connectivity index (χ2v) is 13.3. The van der Waals surface area contributed by atoms with Gasteiger partial charge in [-0.25, -0.2) is 0 Å². The molecule has 0 saturated carbocycles. The van der Waals surface area contributed by atoms with Crippen LogP contribution in [0.2, 0.25) is 16.6 Å². The molecule has 0 aromatic heterocycles. The van der Waals surface area contributed by atoms with Gasteiger partial charge in [-0.1, -0.05) is 53.7 Å². The average molecular weight is 381 g/mol. The lowest BCUT2D eigenvalue weighted by molar-refractivity contribution is -0.148. The van der Waals surface area contributed by atoms with Crippen molar-refractivity contribution in [2.24, 2.45) is 5.92 Å². The third kappa shape index (κ3) is 5.33. The van der Waals surface area contributed by atoms with Gasteiger partial charge in [-0.15, -0.1) is 0 Å². The van der Waals surface area contributed by atoms with Crippen molar-refractivity contribution in [1.82, 2.24) is 0 Å². The Hall–Kier alpha value is -1.82. The monoisotopic (exact) mass is 380 g/mol. The van der Waals surface area contributed by atoms with Crippen LogP contribution in [0.4, 0.5) is 0 Å². The molecule has 0 amide bonds. The molecule has 1 rings (SSSR count). The van der Waals surface area contributed by atoms with E-state index >= 15 is 0 Å². The third-order valence-electron chi connectivity index (χ3n) is 5.18. The predicted molar refractivity (Wildman–Crippen MR) is 105 cm³/mol. The van der Waals surface area contributed by atoms with Crippen LogP contribution in [0.5, 0.6) is 5.75 Å². The SMILES string of the molecule is CC(C)[Si](Oc1ccc(CC(CC(=O)O)C(=O)O)cc1)(C(C)C)C(C)C. The van der Waals surface area contributed by atoms with Crippen LogP contribution in [0.3, 0.4) is 0 Å². The summed E-state index contributed by atoms with van der Waals surface area (Å²) in [6.07, 6.45) is -0.180. The molecular formula is C20H32O5Si. The Morgan fingerprint density at radius 3 is 1.73 bits per heavy atom. The summed E-state index contributed by atoms with van der Waals surface area (Å²) in [5.41, 5.74) is 2.20. The van der Waals surface area contributed by atoms with Gasteiger partial charge in [-0.05, 0) is 40.7 Å². The van der Waals surface area contributed by atoms with E-state index in [2.05, 4.69) is 41.5 Å². The number of carboxylic acid groups (broad SMARTS) is 2. The molecule has 6 heteroatoms. The predicted octanol–water partition coefficient (Wildman–Crippen LogP) is 4.96. The highest BCUT2D eigenvalue weighted by Gasteiger charge is 2.46. The van der Waals surface area contributed by atoms with Gasteiger partial charge in [0, 0.05) is 0 Å². The van der Waals surface area contributed by atoms with E-state index in [4.69, 9.17) is 9.53 Å². The van der Waals surface area contributed by atoms with Crippen molar-refractivity contribution >= 4 is 20.3 Å². The first kappa shape index (κ1) is 22.2. The second kappa shape index (κ2) is 9.21. The van der Waals surface area contributed by atoms with E-state index in [1.807, 2.05) is 24.3 Å². The summed E-state index contributed by atoms with van der Waals surface area (Å²) in [5, 5.41) is 18.1. The molecule has 0 aliphatic rings. The van der Waals surface area contributed by atoms with Gasteiger partial charge < -0.3 is 14.6 Å². The molecule has 146 valence electrons. The number of hydrogen-bond acceptors (Lipinski definition) is 3. The van der Waals surface area contributed by atoms with E-state index in [0.717, 1.165) is 11.3 Å². The molecule has 2 N–H and O–H groups in total. The molecule has 0 fully saturated rings.